The maximum Gasteiger partial charge on any atom is 0.306 e. The Kier molecular flexibility index (Phi) is 7.26. The minimum atomic E-state index is -0.233. The summed E-state index contributed by atoms with van der Waals surface area (Å²) in [4.78, 5) is 22.8. The van der Waals surface area contributed by atoms with Crippen LogP contribution >= 0.6 is 11.8 Å². The van der Waals surface area contributed by atoms with E-state index in [0.717, 1.165) is 18.4 Å². The van der Waals surface area contributed by atoms with Gasteiger partial charge in [-0.25, -0.2) is 0 Å². The summed E-state index contributed by atoms with van der Waals surface area (Å²) < 4.78 is 4.54. The first kappa shape index (κ1) is 15.8. The van der Waals surface area contributed by atoms with Gasteiger partial charge in [-0.2, -0.15) is 11.8 Å². The van der Waals surface area contributed by atoms with Gasteiger partial charge in [0.2, 0.25) is 0 Å². The predicted molar refractivity (Wildman–Crippen MR) is 78.7 cm³/mol. The van der Waals surface area contributed by atoms with Crippen molar-refractivity contribution in [2.24, 2.45) is 0 Å². The number of carbonyl (C=O) groups is 2. The molecule has 0 N–H and O–H groups in total. The molecule has 19 heavy (non-hydrogen) atoms. The molecular formula is C15H20O3S. The van der Waals surface area contributed by atoms with E-state index < -0.39 is 0 Å². The fourth-order valence-corrected chi connectivity index (χ4v) is 2.46. The number of rotatable bonds is 8. The molecule has 0 atom stereocenters. The van der Waals surface area contributed by atoms with Crippen LogP contribution in [0, 0.1) is 0 Å². The van der Waals surface area contributed by atoms with Crippen molar-refractivity contribution in [3.8, 4) is 0 Å². The van der Waals surface area contributed by atoms with E-state index in [1.165, 1.54) is 24.4 Å². The van der Waals surface area contributed by atoms with Crippen LogP contribution in [0.25, 0.3) is 0 Å². The number of methoxy groups -OCH3 is 1. The topological polar surface area (TPSA) is 43.4 Å². The van der Waals surface area contributed by atoms with Crippen LogP contribution in [0.5, 0.6) is 0 Å². The quantitative estimate of drug-likeness (QED) is 0.417. The second kappa shape index (κ2) is 8.75. The van der Waals surface area contributed by atoms with Crippen LogP contribution in [0.2, 0.25) is 0 Å². The summed E-state index contributed by atoms with van der Waals surface area (Å²) in [6, 6.07) is 7.79. The number of esters is 1. The van der Waals surface area contributed by atoms with E-state index >= 15 is 0 Å². The molecule has 0 bridgehead atoms. The van der Waals surface area contributed by atoms with Crippen LogP contribution in [0.1, 0.15) is 35.7 Å². The third-order valence-corrected chi connectivity index (χ3v) is 3.69. The van der Waals surface area contributed by atoms with Crippen LogP contribution < -0.4 is 0 Å². The molecule has 0 saturated heterocycles. The summed E-state index contributed by atoms with van der Waals surface area (Å²) in [7, 11) is 1.37. The van der Waals surface area contributed by atoms with Crippen molar-refractivity contribution in [1.82, 2.24) is 0 Å². The molecule has 0 radical (unpaired) electrons. The third kappa shape index (κ3) is 5.92. The first-order valence-electron chi connectivity index (χ1n) is 6.44. The first-order chi connectivity index (χ1) is 9.17. The van der Waals surface area contributed by atoms with Crippen LogP contribution in [0.4, 0.5) is 0 Å². The van der Waals surface area contributed by atoms with Crippen LogP contribution in [-0.4, -0.2) is 30.4 Å². The van der Waals surface area contributed by atoms with Crippen molar-refractivity contribution in [2.75, 3.05) is 18.6 Å². The Morgan fingerprint density at radius 1 is 1.21 bits per heavy atom. The molecule has 0 fully saturated rings. The molecule has 104 valence electrons. The van der Waals surface area contributed by atoms with Crippen LogP contribution in [-0.2, 0) is 16.0 Å². The minimum Gasteiger partial charge on any atom is -0.469 e. The molecule has 0 amide bonds. The summed E-state index contributed by atoms with van der Waals surface area (Å²) in [6.07, 6.45) is 2.50. The number of Topliss-reactive ketones (excluding diaryl/α,β-unsaturated/α-hetero) is 1. The van der Waals surface area contributed by atoms with Crippen molar-refractivity contribution in [3.05, 3.63) is 35.4 Å². The van der Waals surface area contributed by atoms with E-state index in [-0.39, 0.29) is 11.8 Å². The Hall–Kier alpha value is -1.29. The monoisotopic (exact) mass is 280 g/mol. The highest BCUT2D eigenvalue weighted by Crippen LogP contribution is 2.11. The SMILES string of the molecule is CCCc1ccc(C(=O)CSCCC(=O)OC)cc1. The van der Waals surface area contributed by atoms with Crippen molar-refractivity contribution in [3.63, 3.8) is 0 Å². The molecule has 0 spiro atoms. The Balaban J connectivity index is 2.34. The number of carbonyl (C=O) groups excluding carboxylic acids is 2. The molecule has 1 aromatic carbocycles. The Labute approximate surface area is 118 Å². The molecule has 0 aliphatic rings. The van der Waals surface area contributed by atoms with Gasteiger partial charge >= 0.3 is 5.97 Å². The molecule has 3 nitrogen and oxygen atoms in total. The smallest absolute Gasteiger partial charge is 0.306 e. The maximum absolute atomic E-state index is 11.9. The van der Waals surface area contributed by atoms with Gasteiger partial charge in [0.15, 0.2) is 5.78 Å². The molecular weight excluding hydrogens is 260 g/mol. The van der Waals surface area contributed by atoms with E-state index in [4.69, 9.17) is 0 Å². The lowest BCUT2D eigenvalue weighted by Crippen LogP contribution is -2.05. The summed E-state index contributed by atoms with van der Waals surface area (Å²) in [5.41, 5.74) is 2.00. The lowest BCUT2D eigenvalue weighted by Gasteiger charge is -2.03. The zero-order valence-electron chi connectivity index (χ0n) is 11.5. The molecule has 0 aliphatic heterocycles. The zero-order valence-corrected chi connectivity index (χ0v) is 12.3. The number of ether oxygens (including phenoxy) is 1. The van der Waals surface area contributed by atoms with Gasteiger partial charge in [0.25, 0.3) is 0 Å². The molecule has 0 aromatic heterocycles. The summed E-state index contributed by atoms with van der Waals surface area (Å²) in [5, 5.41) is 0. The molecule has 0 saturated carbocycles. The molecule has 4 heteroatoms. The minimum absolute atomic E-state index is 0.109. The van der Waals surface area contributed by atoms with Gasteiger partial charge in [0, 0.05) is 11.3 Å². The standard InChI is InChI=1S/C15H20O3S/c1-3-4-12-5-7-13(8-6-12)14(16)11-19-10-9-15(17)18-2/h5-8H,3-4,9-11H2,1-2H3. The van der Waals surface area contributed by atoms with Crippen molar-refractivity contribution >= 4 is 23.5 Å². The second-order valence-electron chi connectivity index (χ2n) is 4.25. The normalized spacial score (nSPS) is 10.2. The fraction of sp³-hybridized carbons (Fsp3) is 0.467. The van der Waals surface area contributed by atoms with Crippen molar-refractivity contribution < 1.29 is 14.3 Å². The molecule has 0 aliphatic carbocycles. The Morgan fingerprint density at radius 3 is 2.47 bits per heavy atom. The molecule has 1 rings (SSSR count). The predicted octanol–water partition coefficient (Wildman–Crippen LogP) is 3.12. The highest BCUT2D eigenvalue weighted by Gasteiger charge is 2.07. The van der Waals surface area contributed by atoms with Gasteiger partial charge in [-0.1, -0.05) is 37.6 Å². The van der Waals surface area contributed by atoms with Gasteiger partial charge in [-0.15, -0.1) is 0 Å². The van der Waals surface area contributed by atoms with Gasteiger partial charge in [-0.3, -0.25) is 9.59 Å². The number of aryl methyl sites for hydroxylation is 1. The average molecular weight is 280 g/mol. The van der Waals surface area contributed by atoms with Gasteiger partial charge < -0.3 is 4.74 Å². The van der Waals surface area contributed by atoms with Gasteiger partial charge in [0.05, 0.1) is 19.3 Å². The summed E-state index contributed by atoms with van der Waals surface area (Å²) >= 11 is 1.46. The van der Waals surface area contributed by atoms with E-state index in [0.29, 0.717) is 17.9 Å². The Morgan fingerprint density at radius 2 is 1.89 bits per heavy atom. The van der Waals surface area contributed by atoms with Crippen LogP contribution in [0.3, 0.4) is 0 Å². The lowest BCUT2D eigenvalue weighted by atomic mass is 10.1. The third-order valence-electron chi connectivity index (χ3n) is 2.73. The molecule has 0 heterocycles. The Bertz CT molecular complexity index is 412. The number of benzene rings is 1. The molecule has 1 aromatic rings. The second-order valence-corrected chi connectivity index (χ2v) is 5.35. The zero-order chi connectivity index (χ0) is 14.1. The fourth-order valence-electron chi connectivity index (χ4n) is 1.65. The van der Waals surface area contributed by atoms with Crippen LogP contribution in [0.15, 0.2) is 24.3 Å². The first-order valence-corrected chi connectivity index (χ1v) is 7.59. The average Bonchev–Trinajstić information content (AvgIpc) is 2.44. The number of hydrogen-bond donors (Lipinski definition) is 0. The van der Waals surface area contributed by atoms with E-state index in [1.807, 2.05) is 24.3 Å². The van der Waals surface area contributed by atoms with E-state index in [2.05, 4.69) is 11.7 Å². The van der Waals surface area contributed by atoms with Crippen molar-refractivity contribution in [2.45, 2.75) is 26.2 Å². The lowest BCUT2D eigenvalue weighted by molar-refractivity contribution is -0.140. The van der Waals surface area contributed by atoms with Gasteiger partial charge in [0.1, 0.15) is 0 Å². The maximum atomic E-state index is 11.9. The number of ketones is 1. The van der Waals surface area contributed by atoms with Gasteiger partial charge in [-0.05, 0) is 12.0 Å². The highest BCUT2D eigenvalue weighted by atomic mass is 32.2. The highest BCUT2D eigenvalue weighted by molar-refractivity contribution is 8.00. The van der Waals surface area contributed by atoms with Crippen molar-refractivity contribution in [1.29, 1.82) is 0 Å². The summed E-state index contributed by atoms with van der Waals surface area (Å²) in [6.45, 7) is 2.14. The largest absolute Gasteiger partial charge is 0.469 e. The number of hydrogen-bond acceptors (Lipinski definition) is 4. The van der Waals surface area contributed by atoms with E-state index in [1.54, 1.807) is 0 Å². The summed E-state index contributed by atoms with van der Waals surface area (Å²) in [5.74, 6) is 0.901. The molecule has 0 unspecified atom stereocenters. The van der Waals surface area contributed by atoms with E-state index in [9.17, 15) is 9.59 Å². The number of thioether (sulfide) groups is 1.